The molecule has 1 aromatic heterocycles. The molecule has 0 bridgehead atoms. The third-order valence-corrected chi connectivity index (χ3v) is 5.20. The van der Waals surface area contributed by atoms with Crippen LogP contribution in [0.2, 0.25) is 0 Å². The molecule has 0 saturated carbocycles. The van der Waals surface area contributed by atoms with Crippen LogP contribution in [0.15, 0.2) is 54.6 Å². The fourth-order valence-corrected chi connectivity index (χ4v) is 3.88. The Balaban J connectivity index is 1.92. The van der Waals surface area contributed by atoms with Gasteiger partial charge in [-0.15, -0.1) is 0 Å². The number of nitrogens with one attached hydrogen (secondary N) is 1. The molecule has 8 heteroatoms. The van der Waals surface area contributed by atoms with E-state index in [0.717, 1.165) is 4.70 Å². The number of carbonyl (C=O) groups excluding carboxylic acids is 1. The molecule has 3 aromatic rings. The van der Waals surface area contributed by atoms with E-state index in [9.17, 15) is 17.8 Å². The van der Waals surface area contributed by atoms with Crippen molar-refractivity contribution in [3.8, 4) is 0 Å². The summed E-state index contributed by atoms with van der Waals surface area (Å²) in [6.45, 7) is 0. The molecule has 3 rings (SSSR count). The lowest BCUT2D eigenvalue weighted by Gasteiger charge is -2.13. The van der Waals surface area contributed by atoms with Crippen molar-refractivity contribution in [2.45, 2.75) is 5.25 Å². The van der Waals surface area contributed by atoms with Crippen LogP contribution >= 0.6 is 11.3 Å². The standard InChI is InChI=1S/C15H12N2O4S2/c18-14(13(23(19,20)21)10-6-2-1-3-7-10)17-15-16-11-8-4-5-9-12(11)22-15/h1-9,13H,(H,16,17,18)(H,19,20,21). The molecular weight excluding hydrogens is 336 g/mol. The van der Waals surface area contributed by atoms with Gasteiger partial charge in [0.2, 0.25) is 0 Å². The number of para-hydroxylation sites is 1. The summed E-state index contributed by atoms with van der Waals surface area (Å²) < 4.78 is 33.5. The van der Waals surface area contributed by atoms with Crippen LogP contribution in [0.4, 0.5) is 5.13 Å². The van der Waals surface area contributed by atoms with Crippen LogP contribution < -0.4 is 5.32 Å². The molecule has 1 atom stereocenters. The predicted octanol–water partition coefficient (Wildman–Crippen LogP) is 2.86. The quantitative estimate of drug-likeness (QED) is 0.707. The lowest BCUT2D eigenvalue weighted by atomic mass is 10.1. The molecule has 2 N–H and O–H groups in total. The van der Waals surface area contributed by atoms with Gasteiger partial charge < -0.3 is 5.32 Å². The van der Waals surface area contributed by atoms with Crippen LogP contribution in [-0.4, -0.2) is 23.9 Å². The lowest BCUT2D eigenvalue weighted by molar-refractivity contribution is -0.116. The molecular formula is C15H12N2O4S2. The highest BCUT2D eigenvalue weighted by Crippen LogP contribution is 2.28. The zero-order chi connectivity index (χ0) is 16.4. The van der Waals surface area contributed by atoms with Gasteiger partial charge in [-0.1, -0.05) is 53.8 Å². The van der Waals surface area contributed by atoms with Gasteiger partial charge in [-0.3, -0.25) is 9.35 Å². The molecule has 23 heavy (non-hydrogen) atoms. The summed E-state index contributed by atoms with van der Waals surface area (Å²) in [5.74, 6) is -0.849. The Kier molecular flexibility index (Phi) is 4.12. The number of hydrogen-bond donors (Lipinski definition) is 2. The smallest absolute Gasteiger partial charge is 0.281 e. The van der Waals surface area contributed by atoms with E-state index >= 15 is 0 Å². The maximum absolute atomic E-state index is 12.4. The van der Waals surface area contributed by atoms with Crippen molar-refractivity contribution < 1.29 is 17.8 Å². The maximum Gasteiger partial charge on any atom is 0.281 e. The maximum atomic E-state index is 12.4. The molecule has 1 amide bonds. The molecule has 118 valence electrons. The first-order chi connectivity index (χ1) is 10.9. The Morgan fingerprint density at radius 2 is 1.74 bits per heavy atom. The second-order valence-electron chi connectivity index (χ2n) is 4.78. The van der Waals surface area contributed by atoms with Gasteiger partial charge in [0.1, 0.15) is 0 Å². The molecule has 6 nitrogen and oxygen atoms in total. The van der Waals surface area contributed by atoms with Crippen molar-refractivity contribution in [2.24, 2.45) is 0 Å². The fraction of sp³-hybridized carbons (Fsp3) is 0.0667. The number of hydrogen-bond acceptors (Lipinski definition) is 5. The van der Waals surface area contributed by atoms with Crippen LogP contribution in [0, 0.1) is 0 Å². The highest BCUT2D eigenvalue weighted by molar-refractivity contribution is 7.86. The molecule has 0 aliphatic carbocycles. The number of amides is 1. The Labute approximate surface area is 136 Å². The average molecular weight is 348 g/mol. The molecule has 0 saturated heterocycles. The summed E-state index contributed by atoms with van der Waals surface area (Å²) in [7, 11) is -4.60. The van der Waals surface area contributed by atoms with Gasteiger partial charge in [0.05, 0.1) is 10.2 Å². The Bertz CT molecular complexity index is 919. The summed E-state index contributed by atoms with van der Waals surface area (Å²) in [6, 6.07) is 15.1. The van der Waals surface area contributed by atoms with E-state index in [-0.39, 0.29) is 10.7 Å². The topological polar surface area (TPSA) is 96.4 Å². The van der Waals surface area contributed by atoms with Crippen LogP contribution in [0.1, 0.15) is 10.8 Å². The van der Waals surface area contributed by atoms with E-state index in [1.54, 1.807) is 24.3 Å². The summed E-state index contributed by atoms with van der Waals surface area (Å²) in [4.78, 5) is 16.6. The monoisotopic (exact) mass is 348 g/mol. The Hall–Kier alpha value is -2.29. The number of benzene rings is 2. The second kappa shape index (κ2) is 6.07. The van der Waals surface area contributed by atoms with Crippen molar-refractivity contribution in [1.29, 1.82) is 0 Å². The zero-order valence-corrected chi connectivity index (χ0v) is 13.3. The van der Waals surface area contributed by atoms with E-state index in [1.807, 2.05) is 18.2 Å². The highest BCUT2D eigenvalue weighted by Gasteiger charge is 2.33. The van der Waals surface area contributed by atoms with E-state index < -0.39 is 21.3 Å². The molecule has 0 spiro atoms. The Morgan fingerprint density at radius 1 is 1.09 bits per heavy atom. The second-order valence-corrected chi connectivity index (χ2v) is 7.31. The van der Waals surface area contributed by atoms with Crippen molar-refractivity contribution in [1.82, 2.24) is 4.98 Å². The van der Waals surface area contributed by atoms with E-state index in [2.05, 4.69) is 10.3 Å². The van der Waals surface area contributed by atoms with Gasteiger partial charge in [0.25, 0.3) is 16.0 Å². The fourth-order valence-electron chi connectivity index (χ4n) is 2.18. The molecule has 1 unspecified atom stereocenters. The van der Waals surface area contributed by atoms with E-state index in [1.165, 1.54) is 23.5 Å². The number of thiazole rings is 1. The number of rotatable bonds is 4. The largest absolute Gasteiger partial charge is 0.300 e. The number of anilines is 1. The number of fused-ring (bicyclic) bond motifs is 1. The summed E-state index contributed by atoms with van der Waals surface area (Å²) in [5, 5.41) is 1.05. The van der Waals surface area contributed by atoms with Gasteiger partial charge in [-0.2, -0.15) is 8.42 Å². The van der Waals surface area contributed by atoms with Crippen molar-refractivity contribution in [3.05, 3.63) is 60.2 Å². The zero-order valence-electron chi connectivity index (χ0n) is 11.7. The highest BCUT2D eigenvalue weighted by atomic mass is 32.2. The number of carbonyl (C=O) groups is 1. The molecule has 0 aliphatic heterocycles. The third kappa shape index (κ3) is 3.39. The van der Waals surface area contributed by atoms with Crippen molar-refractivity contribution in [3.63, 3.8) is 0 Å². The first-order valence-electron chi connectivity index (χ1n) is 6.63. The molecule has 0 aliphatic rings. The van der Waals surface area contributed by atoms with Crippen LogP contribution in [-0.2, 0) is 14.9 Å². The third-order valence-electron chi connectivity index (χ3n) is 3.16. The summed E-state index contributed by atoms with van der Waals surface area (Å²) in [5.41, 5.74) is 0.893. The van der Waals surface area contributed by atoms with Gasteiger partial charge in [-0.25, -0.2) is 4.98 Å². The summed E-state index contributed by atoms with van der Waals surface area (Å²) in [6.07, 6.45) is 0. The predicted molar refractivity (Wildman–Crippen MR) is 89.0 cm³/mol. The Morgan fingerprint density at radius 3 is 2.39 bits per heavy atom. The van der Waals surface area contributed by atoms with Crippen LogP contribution in [0.3, 0.4) is 0 Å². The first-order valence-corrected chi connectivity index (χ1v) is 8.95. The van der Waals surface area contributed by atoms with E-state index in [4.69, 9.17) is 0 Å². The molecule has 1 heterocycles. The lowest BCUT2D eigenvalue weighted by Crippen LogP contribution is -2.27. The normalized spacial score (nSPS) is 12.9. The van der Waals surface area contributed by atoms with Crippen molar-refractivity contribution >= 4 is 42.7 Å². The van der Waals surface area contributed by atoms with Gasteiger partial charge in [-0.05, 0) is 17.7 Å². The molecule has 2 aromatic carbocycles. The minimum absolute atomic E-state index is 0.189. The number of nitrogens with zero attached hydrogens (tertiary/aromatic N) is 1. The van der Waals surface area contributed by atoms with Crippen LogP contribution in [0.5, 0.6) is 0 Å². The minimum atomic E-state index is -4.60. The number of aromatic nitrogens is 1. The average Bonchev–Trinajstić information content (AvgIpc) is 2.89. The minimum Gasteiger partial charge on any atom is -0.300 e. The van der Waals surface area contributed by atoms with Gasteiger partial charge >= 0.3 is 0 Å². The van der Waals surface area contributed by atoms with Gasteiger partial charge in [0, 0.05) is 0 Å². The SMILES string of the molecule is O=C(Nc1nc2ccccc2s1)C(c1ccccc1)S(=O)(=O)O. The van der Waals surface area contributed by atoms with Crippen LogP contribution in [0.25, 0.3) is 10.2 Å². The summed E-state index contributed by atoms with van der Waals surface area (Å²) >= 11 is 1.23. The van der Waals surface area contributed by atoms with Crippen molar-refractivity contribution in [2.75, 3.05) is 5.32 Å². The van der Waals surface area contributed by atoms with Gasteiger partial charge in [0.15, 0.2) is 10.4 Å². The van der Waals surface area contributed by atoms with E-state index in [0.29, 0.717) is 5.52 Å². The first kappa shape index (κ1) is 15.6. The molecule has 0 fully saturated rings. The molecule has 0 radical (unpaired) electrons.